The average Bonchev–Trinajstić information content (AvgIpc) is 3.23. The van der Waals surface area contributed by atoms with E-state index < -0.39 is 10.0 Å². The minimum absolute atomic E-state index is 0.0996. The van der Waals surface area contributed by atoms with Crippen LogP contribution in [0.1, 0.15) is 38.7 Å². The summed E-state index contributed by atoms with van der Waals surface area (Å²) in [6, 6.07) is 4.75. The molecule has 1 N–H and O–H groups in total. The summed E-state index contributed by atoms with van der Waals surface area (Å²) in [6.45, 7) is 4.48. The van der Waals surface area contributed by atoms with Gasteiger partial charge in [0.2, 0.25) is 10.0 Å². The van der Waals surface area contributed by atoms with Crippen LogP contribution in [0.5, 0.6) is 0 Å². The van der Waals surface area contributed by atoms with Crippen molar-refractivity contribution in [1.82, 2.24) is 4.31 Å². The first-order valence-electron chi connectivity index (χ1n) is 7.27. The maximum atomic E-state index is 12.9. The third-order valence-corrected chi connectivity index (χ3v) is 6.08. The third kappa shape index (κ3) is 3.97. The van der Waals surface area contributed by atoms with Crippen molar-refractivity contribution < 1.29 is 13.5 Å². The number of rotatable bonds is 7. The molecule has 1 fully saturated rings. The van der Waals surface area contributed by atoms with Crippen molar-refractivity contribution in [3.8, 4) is 0 Å². The maximum absolute atomic E-state index is 12.9. The number of aliphatic hydroxyl groups is 1. The SMILES string of the molecule is CC(C)CCN(C1CC1)S(=O)(=O)c1cc(CO)ccc1Cl. The van der Waals surface area contributed by atoms with Gasteiger partial charge in [0.1, 0.15) is 4.90 Å². The Morgan fingerprint density at radius 1 is 1.38 bits per heavy atom. The van der Waals surface area contributed by atoms with Crippen molar-refractivity contribution in [2.75, 3.05) is 6.54 Å². The molecule has 21 heavy (non-hydrogen) atoms. The van der Waals surface area contributed by atoms with E-state index in [1.165, 1.54) is 12.1 Å². The first kappa shape index (κ1) is 16.7. The van der Waals surface area contributed by atoms with Gasteiger partial charge in [-0.05, 0) is 42.9 Å². The molecule has 0 atom stereocenters. The molecule has 1 aromatic rings. The lowest BCUT2D eigenvalue weighted by molar-refractivity contribution is 0.281. The average molecular weight is 332 g/mol. The minimum Gasteiger partial charge on any atom is -0.392 e. The van der Waals surface area contributed by atoms with Gasteiger partial charge in [-0.25, -0.2) is 8.42 Å². The van der Waals surface area contributed by atoms with Gasteiger partial charge in [-0.3, -0.25) is 0 Å². The molecule has 0 aromatic heterocycles. The van der Waals surface area contributed by atoms with Crippen LogP contribution >= 0.6 is 11.6 Å². The molecule has 1 aliphatic rings. The van der Waals surface area contributed by atoms with Gasteiger partial charge in [0.25, 0.3) is 0 Å². The van der Waals surface area contributed by atoms with E-state index in [9.17, 15) is 13.5 Å². The van der Waals surface area contributed by atoms with Gasteiger partial charge in [-0.2, -0.15) is 4.31 Å². The van der Waals surface area contributed by atoms with E-state index >= 15 is 0 Å². The molecule has 0 heterocycles. The van der Waals surface area contributed by atoms with E-state index in [0.29, 0.717) is 18.0 Å². The lowest BCUT2D eigenvalue weighted by Crippen LogP contribution is -2.34. The lowest BCUT2D eigenvalue weighted by atomic mass is 10.1. The van der Waals surface area contributed by atoms with Crippen molar-refractivity contribution >= 4 is 21.6 Å². The van der Waals surface area contributed by atoms with Crippen LogP contribution in [0.25, 0.3) is 0 Å². The van der Waals surface area contributed by atoms with Crippen LogP contribution in [0.15, 0.2) is 23.1 Å². The first-order chi connectivity index (χ1) is 9.86. The number of halogens is 1. The number of sulfonamides is 1. The van der Waals surface area contributed by atoms with Crippen molar-refractivity contribution in [2.24, 2.45) is 5.92 Å². The Balaban J connectivity index is 2.34. The normalized spacial score (nSPS) is 15.9. The molecule has 0 unspecified atom stereocenters. The van der Waals surface area contributed by atoms with Crippen LogP contribution < -0.4 is 0 Å². The summed E-state index contributed by atoms with van der Waals surface area (Å²) in [6.07, 6.45) is 2.65. The fourth-order valence-corrected chi connectivity index (χ4v) is 4.44. The highest BCUT2D eigenvalue weighted by Crippen LogP contribution is 2.35. The number of aliphatic hydroxyl groups excluding tert-OH is 1. The van der Waals surface area contributed by atoms with E-state index in [-0.39, 0.29) is 22.6 Å². The van der Waals surface area contributed by atoms with E-state index in [2.05, 4.69) is 13.8 Å². The predicted octanol–water partition coefficient (Wildman–Crippen LogP) is 3.03. The Bertz CT molecular complexity index is 597. The molecule has 1 aliphatic carbocycles. The maximum Gasteiger partial charge on any atom is 0.244 e. The predicted molar refractivity (Wildman–Crippen MR) is 83.7 cm³/mol. The standard InChI is InChI=1S/C15H22ClNO3S/c1-11(2)7-8-17(13-4-5-13)21(19,20)15-9-12(10-18)3-6-14(15)16/h3,6,9,11,13,18H,4-5,7-8,10H2,1-2H3. The van der Waals surface area contributed by atoms with E-state index in [0.717, 1.165) is 19.3 Å². The zero-order valence-corrected chi connectivity index (χ0v) is 14.0. The number of nitrogens with zero attached hydrogens (tertiary/aromatic N) is 1. The van der Waals surface area contributed by atoms with Gasteiger partial charge < -0.3 is 5.11 Å². The summed E-state index contributed by atoms with van der Waals surface area (Å²) in [4.78, 5) is 0.103. The number of hydrogen-bond acceptors (Lipinski definition) is 3. The lowest BCUT2D eigenvalue weighted by Gasteiger charge is -2.23. The Kier molecular flexibility index (Phi) is 5.30. The summed E-state index contributed by atoms with van der Waals surface area (Å²) in [5, 5.41) is 9.41. The molecule has 1 aromatic carbocycles. The van der Waals surface area contributed by atoms with Crippen molar-refractivity contribution in [1.29, 1.82) is 0 Å². The van der Waals surface area contributed by atoms with Crippen LogP contribution in [0, 0.1) is 5.92 Å². The minimum atomic E-state index is -3.61. The highest BCUT2D eigenvalue weighted by Gasteiger charge is 2.38. The Labute approximate surface area is 131 Å². The van der Waals surface area contributed by atoms with Crippen LogP contribution in [0.3, 0.4) is 0 Å². The summed E-state index contributed by atoms with van der Waals surface area (Å²) in [5.41, 5.74) is 0.553. The zero-order valence-electron chi connectivity index (χ0n) is 12.4. The summed E-state index contributed by atoms with van der Waals surface area (Å²) in [5.74, 6) is 0.445. The van der Waals surface area contributed by atoms with E-state index in [1.54, 1.807) is 10.4 Å². The fourth-order valence-electron chi connectivity index (χ4n) is 2.22. The quantitative estimate of drug-likeness (QED) is 0.835. The van der Waals surface area contributed by atoms with Gasteiger partial charge in [0.05, 0.1) is 11.6 Å². The molecule has 2 rings (SSSR count). The first-order valence-corrected chi connectivity index (χ1v) is 9.09. The molecule has 0 bridgehead atoms. The number of hydrogen-bond donors (Lipinski definition) is 1. The molecule has 0 spiro atoms. The van der Waals surface area contributed by atoms with E-state index in [4.69, 9.17) is 11.6 Å². The van der Waals surface area contributed by atoms with Gasteiger partial charge >= 0.3 is 0 Å². The van der Waals surface area contributed by atoms with Crippen LogP contribution in [-0.2, 0) is 16.6 Å². The molecule has 0 amide bonds. The molecule has 0 radical (unpaired) electrons. The second kappa shape index (κ2) is 6.65. The zero-order chi connectivity index (χ0) is 15.6. The van der Waals surface area contributed by atoms with Crippen molar-refractivity contribution in [2.45, 2.75) is 50.7 Å². The monoisotopic (exact) mass is 331 g/mol. The van der Waals surface area contributed by atoms with Crippen molar-refractivity contribution in [3.63, 3.8) is 0 Å². The third-order valence-electron chi connectivity index (χ3n) is 3.65. The van der Waals surface area contributed by atoms with Gasteiger partial charge in [0.15, 0.2) is 0 Å². The summed E-state index contributed by atoms with van der Waals surface area (Å²) >= 11 is 6.08. The Morgan fingerprint density at radius 2 is 2.05 bits per heavy atom. The van der Waals surface area contributed by atoms with Crippen LogP contribution in [-0.4, -0.2) is 30.4 Å². The molecular weight excluding hydrogens is 310 g/mol. The summed E-state index contributed by atoms with van der Waals surface area (Å²) < 4.78 is 27.3. The topological polar surface area (TPSA) is 57.6 Å². The molecule has 0 saturated heterocycles. The highest BCUT2D eigenvalue weighted by atomic mass is 35.5. The largest absolute Gasteiger partial charge is 0.392 e. The molecule has 6 heteroatoms. The van der Waals surface area contributed by atoms with Gasteiger partial charge in [0, 0.05) is 12.6 Å². The second-order valence-electron chi connectivity index (χ2n) is 5.95. The molecule has 0 aliphatic heterocycles. The van der Waals surface area contributed by atoms with Gasteiger partial charge in [-0.1, -0.05) is 31.5 Å². The fraction of sp³-hybridized carbons (Fsp3) is 0.600. The van der Waals surface area contributed by atoms with Crippen LogP contribution in [0.2, 0.25) is 5.02 Å². The van der Waals surface area contributed by atoms with Crippen molar-refractivity contribution in [3.05, 3.63) is 28.8 Å². The number of benzene rings is 1. The highest BCUT2D eigenvalue weighted by molar-refractivity contribution is 7.89. The molecule has 4 nitrogen and oxygen atoms in total. The molecule has 1 saturated carbocycles. The smallest absolute Gasteiger partial charge is 0.244 e. The second-order valence-corrected chi connectivity index (χ2v) is 8.22. The van der Waals surface area contributed by atoms with Crippen LogP contribution in [0.4, 0.5) is 0 Å². The molecule has 118 valence electrons. The van der Waals surface area contributed by atoms with Gasteiger partial charge in [-0.15, -0.1) is 0 Å². The molecular formula is C15H22ClNO3S. The van der Waals surface area contributed by atoms with E-state index in [1.807, 2.05) is 0 Å². The Morgan fingerprint density at radius 3 is 2.57 bits per heavy atom. The summed E-state index contributed by atoms with van der Waals surface area (Å²) in [7, 11) is -3.61. The Hall–Kier alpha value is -0.620.